The second-order valence-corrected chi connectivity index (χ2v) is 10.1. The number of aliphatic hydroxyl groups excluding tert-OH is 1. The van der Waals surface area contributed by atoms with Crippen LogP contribution in [0.15, 0.2) is 60.7 Å². The predicted molar refractivity (Wildman–Crippen MR) is 144 cm³/mol. The molecule has 0 amide bonds. The SMILES string of the molecule is Cc1c(C(=O)O)ccc(-c2ccccc2)c1C(C)OC[C@H](O)CNC(C)(C)Cc1ccc(CN)c(F)c1. The molecule has 0 aliphatic carbocycles. The van der Waals surface area contributed by atoms with Crippen LogP contribution in [-0.2, 0) is 17.7 Å². The summed E-state index contributed by atoms with van der Waals surface area (Å²) in [5, 5.41) is 23.6. The third-order valence-corrected chi connectivity index (χ3v) is 6.57. The molecule has 7 heteroatoms. The summed E-state index contributed by atoms with van der Waals surface area (Å²) < 4.78 is 20.1. The van der Waals surface area contributed by atoms with Crippen LogP contribution >= 0.6 is 0 Å². The summed E-state index contributed by atoms with van der Waals surface area (Å²) >= 11 is 0. The van der Waals surface area contributed by atoms with Gasteiger partial charge in [-0.3, -0.25) is 0 Å². The van der Waals surface area contributed by atoms with Crippen LogP contribution in [-0.4, -0.2) is 41.0 Å². The number of hydrogen-bond donors (Lipinski definition) is 4. The van der Waals surface area contributed by atoms with Crippen LogP contribution in [0.3, 0.4) is 0 Å². The van der Waals surface area contributed by atoms with Gasteiger partial charge in [0.2, 0.25) is 0 Å². The van der Waals surface area contributed by atoms with Crippen molar-refractivity contribution in [1.82, 2.24) is 5.32 Å². The molecule has 0 heterocycles. The number of hydrogen-bond acceptors (Lipinski definition) is 5. The van der Waals surface area contributed by atoms with Gasteiger partial charge in [-0.05, 0) is 74.1 Å². The second-order valence-electron chi connectivity index (χ2n) is 10.1. The van der Waals surface area contributed by atoms with E-state index in [2.05, 4.69) is 5.32 Å². The molecule has 0 fully saturated rings. The average Bonchev–Trinajstić information content (AvgIpc) is 2.86. The van der Waals surface area contributed by atoms with Crippen LogP contribution in [0.5, 0.6) is 0 Å². The zero-order chi connectivity index (χ0) is 27.2. The lowest BCUT2D eigenvalue weighted by Gasteiger charge is -2.29. The maximum atomic E-state index is 14.1. The molecule has 6 nitrogen and oxygen atoms in total. The molecule has 5 N–H and O–H groups in total. The van der Waals surface area contributed by atoms with Gasteiger partial charge in [0, 0.05) is 24.2 Å². The highest BCUT2D eigenvalue weighted by atomic mass is 19.1. The van der Waals surface area contributed by atoms with Crippen LogP contribution in [0.1, 0.15) is 59.5 Å². The Morgan fingerprint density at radius 1 is 1.14 bits per heavy atom. The normalized spacial score (nSPS) is 13.4. The topological polar surface area (TPSA) is 105 Å². The zero-order valence-corrected chi connectivity index (χ0v) is 21.9. The molecule has 0 saturated carbocycles. The first-order chi connectivity index (χ1) is 17.5. The highest BCUT2D eigenvalue weighted by Gasteiger charge is 2.23. The number of carbonyl (C=O) groups is 1. The summed E-state index contributed by atoms with van der Waals surface area (Å²) in [6.45, 7) is 8.14. The monoisotopic (exact) mass is 508 g/mol. The highest BCUT2D eigenvalue weighted by molar-refractivity contribution is 5.91. The maximum absolute atomic E-state index is 14.1. The molecule has 3 aromatic carbocycles. The lowest BCUT2D eigenvalue weighted by molar-refractivity contribution is -0.00423. The molecule has 0 aliphatic rings. The lowest BCUT2D eigenvalue weighted by atomic mass is 9.90. The number of aliphatic hydroxyl groups is 1. The number of halogens is 1. The van der Waals surface area contributed by atoms with E-state index in [0.29, 0.717) is 17.5 Å². The number of carboxylic acids is 1. The summed E-state index contributed by atoms with van der Waals surface area (Å²) in [5.41, 5.74) is 10.00. The summed E-state index contributed by atoms with van der Waals surface area (Å²) in [6, 6.07) is 18.2. The number of nitrogens with one attached hydrogen (secondary N) is 1. The fourth-order valence-corrected chi connectivity index (χ4v) is 4.58. The van der Waals surface area contributed by atoms with Crippen LogP contribution in [0.25, 0.3) is 11.1 Å². The third kappa shape index (κ3) is 7.46. The van der Waals surface area contributed by atoms with Gasteiger partial charge in [0.1, 0.15) is 5.82 Å². The van der Waals surface area contributed by atoms with E-state index in [1.807, 2.05) is 63.2 Å². The predicted octanol–water partition coefficient (Wildman–Crippen LogP) is 5.01. The molecule has 0 aliphatic heterocycles. The number of β-amino-alcohol motifs (C(OH)–C–C–N with tert-alkyl or cyclic N) is 1. The molecule has 198 valence electrons. The van der Waals surface area contributed by atoms with Crippen molar-refractivity contribution < 1.29 is 24.1 Å². The zero-order valence-electron chi connectivity index (χ0n) is 21.9. The number of rotatable bonds is 12. The van der Waals surface area contributed by atoms with Crippen molar-refractivity contribution in [3.05, 3.63) is 94.3 Å². The maximum Gasteiger partial charge on any atom is 0.335 e. The fraction of sp³-hybridized carbons (Fsp3) is 0.367. The molecule has 0 spiro atoms. The molecule has 37 heavy (non-hydrogen) atoms. The highest BCUT2D eigenvalue weighted by Crippen LogP contribution is 2.34. The minimum atomic E-state index is -0.991. The summed E-state index contributed by atoms with van der Waals surface area (Å²) in [6.07, 6.45) is -0.664. The minimum Gasteiger partial charge on any atom is -0.478 e. The number of carboxylic acid groups (broad SMARTS) is 1. The van der Waals surface area contributed by atoms with E-state index >= 15 is 0 Å². The van der Waals surface area contributed by atoms with E-state index in [1.54, 1.807) is 19.1 Å². The van der Waals surface area contributed by atoms with Crippen LogP contribution in [0, 0.1) is 12.7 Å². The van der Waals surface area contributed by atoms with Crippen LogP contribution in [0.2, 0.25) is 0 Å². The van der Waals surface area contributed by atoms with E-state index in [9.17, 15) is 19.4 Å². The van der Waals surface area contributed by atoms with E-state index in [1.165, 1.54) is 6.07 Å². The van der Waals surface area contributed by atoms with Gasteiger partial charge in [0.25, 0.3) is 0 Å². The average molecular weight is 509 g/mol. The Hall–Kier alpha value is -3.10. The Morgan fingerprint density at radius 2 is 1.84 bits per heavy atom. The molecule has 3 rings (SSSR count). The van der Waals surface area contributed by atoms with E-state index < -0.39 is 23.7 Å². The quantitative estimate of drug-likeness (QED) is 0.274. The Morgan fingerprint density at radius 3 is 2.46 bits per heavy atom. The van der Waals surface area contributed by atoms with Gasteiger partial charge in [0.05, 0.1) is 24.4 Å². The Balaban J connectivity index is 1.65. The first kappa shape index (κ1) is 28.5. The molecule has 1 unspecified atom stereocenters. The van der Waals surface area contributed by atoms with Gasteiger partial charge >= 0.3 is 5.97 Å². The Labute approximate surface area is 218 Å². The molecule has 2 atom stereocenters. The summed E-state index contributed by atoms with van der Waals surface area (Å²) in [4.78, 5) is 11.8. The van der Waals surface area contributed by atoms with Gasteiger partial charge in [0.15, 0.2) is 0 Å². The first-order valence-corrected chi connectivity index (χ1v) is 12.5. The minimum absolute atomic E-state index is 0.0645. The van der Waals surface area contributed by atoms with Crippen LogP contribution < -0.4 is 11.1 Å². The van der Waals surface area contributed by atoms with Crippen molar-refractivity contribution in [3.63, 3.8) is 0 Å². The standard InChI is InChI=1S/C30H37FN2O4/c1-19-25(29(35)36)12-13-26(22-8-6-5-7-9-22)28(19)20(2)37-18-24(34)17-33-30(3,4)15-21-10-11-23(16-32)27(31)14-21/h5-14,20,24,33-34H,15-18,32H2,1-4H3,(H,35,36)/t20?,24-/m1/s1. The van der Waals surface area contributed by atoms with Gasteiger partial charge in [-0.25, -0.2) is 9.18 Å². The molecular formula is C30H37FN2O4. The third-order valence-electron chi connectivity index (χ3n) is 6.57. The molecule has 0 saturated heterocycles. The lowest BCUT2D eigenvalue weighted by Crippen LogP contribution is -2.46. The summed E-state index contributed by atoms with van der Waals surface area (Å²) in [5.74, 6) is -1.30. The van der Waals surface area contributed by atoms with Crippen molar-refractivity contribution in [2.45, 2.75) is 58.4 Å². The van der Waals surface area contributed by atoms with E-state index in [-0.39, 0.29) is 31.1 Å². The van der Waals surface area contributed by atoms with E-state index in [0.717, 1.165) is 22.3 Å². The molecule has 0 radical (unpaired) electrons. The van der Waals surface area contributed by atoms with Crippen molar-refractivity contribution in [2.75, 3.05) is 13.2 Å². The van der Waals surface area contributed by atoms with Crippen molar-refractivity contribution in [2.24, 2.45) is 5.73 Å². The number of aromatic carboxylic acids is 1. The van der Waals surface area contributed by atoms with Crippen molar-refractivity contribution >= 4 is 5.97 Å². The fourth-order valence-electron chi connectivity index (χ4n) is 4.58. The van der Waals surface area contributed by atoms with Gasteiger partial charge in [-0.15, -0.1) is 0 Å². The number of ether oxygens (including phenoxy) is 1. The molecule has 3 aromatic rings. The van der Waals surface area contributed by atoms with Gasteiger partial charge in [-0.1, -0.05) is 48.5 Å². The van der Waals surface area contributed by atoms with Gasteiger partial charge in [-0.2, -0.15) is 0 Å². The first-order valence-electron chi connectivity index (χ1n) is 12.5. The smallest absolute Gasteiger partial charge is 0.335 e. The van der Waals surface area contributed by atoms with Gasteiger partial charge < -0.3 is 26.0 Å². The number of nitrogens with two attached hydrogens (primary N) is 1. The van der Waals surface area contributed by atoms with Crippen molar-refractivity contribution in [3.8, 4) is 11.1 Å². The second kappa shape index (κ2) is 12.4. The summed E-state index contributed by atoms with van der Waals surface area (Å²) in [7, 11) is 0. The van der Waals surface area contributed by atoms with Crippen LogP contribution in [0.4, 0.5) is 4.39 Å². The molecule has 0 aromatic heterocycles. The molecular weight excluding hydrogens is 471 g/mol. The van der Waals surface area contributed by atoms with E-state index in [4.69, 9.17) is 10.5 Å². The Kier molecular flexibility index (Phi) is 9.56. The largest absolute Gasteiger partial charge is 0.478 e. The van der Waals surface area contributed by atoms with Crippen molar-refractivity contribution in [1.29, 1.82) is 0 Å². The Bertz CT molecular complexity index is 1210. The number of benzene rings is 3. The molecule has 0 bridgehead atoms.